The molecule has 1 aromatic carbocycles. The van der Waals surface area contributed by atoms with E-state index in [1.165, 1.54) is 6.07 Å². The van der Waals surface area contributed by atoms with Crippen molar-refractivity contribution in [3.05, 3.63) is 23.8 Å². The summed E-state index contributed by atoms with van der Waals surface area (Å²) in [6, 6.07) is 3.14. The Morgan fingerprint density at radius 2 is 1.87 bits per heavy atom. The van der Waals surface area contributed by atoms with Crippen LogP contribution in [0.3, 0.4) is 0 Å². The van der Waals surface area contributed by atoms with Crippen molar-refractivity contribution < 1.29 is 22.9 Å². The Bertz CT molecular complexity index is 484. The van der Waals surface area contributed by atoms with Crippen molar-refractivity contribution in [3.8, 4) is 0 Å². The van der Waals surface area contributed by atoms with E-state index >= 15 is 0 Å². The van der Waals surface area contributed by atoms with E-state index in [0.717, 1.165) is 12.1 Å². The molecule has 1 rings (SSSR count). The topological polar surface area (TPSA) is 118 Å². The molecule has 0 aliphatic carbocycles. The number of nitrogen functional groups attached to an aromatic ring is 1. The van der Waals surface area contributed by atoms with E-state index in [1.54, 1.807) is 0 Å². The molecular weight excluding hydrogens is 233 g/mol. The van der Waals surface area contributed by atoms with Crippen molar-refractivity contribution in [1.82, 2.24) is 0 Å². The van der Waals surface area contributed by atoms with E-state index in [1.807, 2.05) is 0 Å². The van der Waals surface area contributed by atoms with Crippen LogP contribution in [0, 0.1) is 0 Å². The van der Waals surface area contributed by atoms with Gasteiger partial charge in [-0.15, -0.1) is 0 Å². The number of carboxylic acid groups (broad SMARTS) is 1. The minimum absolute atomic E-state index is 0. The Morgan fingerprint density at radius 1 is 1.33 bits per heavy atom. The van der Waals surface area contributed by atoms with Crippen LogP contribution in [-0.4, -0.2) is 53.6 Å². The standard InChI is InChI=1S/C7H7NO5S.Na.H/c8-4-1-2-5(7(9)10)6(3-4)14(11,12)13;;/h1-3H,8H2,(H,9,10)(H,11,12,13);;. The molecular formula is C7H8NNaO5S. The van der Waals surface area contributed by atoms with Crippen LogP contribution in [0.5, 0.6) is 0 Å². The number of carbonyl (C=O) groups is 1. The van der Waals surface area contributed by atoms with Gasteiger partial charge in [0.05, 0.1) is 5.56 Å². The zero-order valence-corrected chi connectivity index (χ0v) is 7.65. The monoisotopic (exact) mass is 241 g/mol. The van der Waals surface area contributed by atoms with Gasteiger partial charge in [-0.25, -0.2) is 4.79 Å². The molecule has 6 nitrogen and oxygen atoms in total. The molecule has 8 heteroatoms. The van der Waals surface area contributed by atoms with E-state index in [-0.39, 0.29) is 35.2 Å². The first-order chi connectivity index (χ1) is 6.32. The summed E-state index contributed by atoms with van der Waals surface area (Å²) < 4.78 is 30.2. The van der Waals surface area contributed by atoms with Crippen molar-refractivity contribution >= 4 is 51.3 Å². The summed E-state index contributed by atoms with van der Waals surface area (Å²) >= 11 is 0. The molecule has 0 bridgehead atoms. The first kappa shape index (κ1) is 14.4. The van der Waals surface area contributed by atoms with Gasteiger partial charge in [0.15, 0.2) is 0 Å². The third kappa shape index (κ3) is 3.47. The fourth-order valence-electron chi connectivity index (χ4n) is 0.929. The summed E-state index contributed by atoms with van der Waals surface area (Å²) in [7, 11) is -4.56. The van der Waals surface area contributed by atoms with Crippen LogP contribution < -0.4 is 5.73 Å². The number of carboxylic acids is 1. The van der Waals surface area contributed by atoms with Crippen LogP contribution in [0.4, 0.5) is 5.69 Å². The normalized spacial score (nSPS) is 10.5. The molecule has 0 saturated heterocycles. The number of hydrogen-bond donors (Lipinski definition) is 3. The average Bonchev–Trinajstić information content (AvgIpc) is 2.01. The number of anilines is 1. The van der Waals surface area contributed by atoms with Gasteiger partial charge in [-0.3, -0.25) is 4.55 Å². The van der Waals surface area contributed by atoms with Crippen LogP contribution in [0.15, 0.2) is 23.1 Å². The Labute approximate surface area is 108 Å². The zero-order chi connectivity index (χ0) is 10.9. The Morgan fingerprint density at radius 3 is 2.27 bits per heavy atom. The van der Waals surface area contributed by atoms with Crippen molar-refractivity contribution in [1.29, 1.82) is 0 Å². The third-order valence-electron chi connectivity index (χ3n) is 1.51. The van der Waals surface area contributed by atoms with E-state index < -0.39 is 26.5 Å². The van der Waals surface area contributed by atoms with Crippen LogP contribution in [0.2, 0.25) is 0 Å². The third-order valence-corrected chi connectivity index (χ3v) is 2.41. The second kappa shape index (κ2) is 4.95. The Kier molecular flexibility index (Phi) is 4.75. The summed E-state index contributed by atoms with van der Waals surface area (Å²) in [5.74, 6) is -1.45. The van der Waals surface area contributed by atoms with Gasteiger partial charge in [0, 0.05) is 5.69 Å². The second-order valence-electron chi connectivity index (χ2n) is 2.54. The molecule has 78 valence electrons. The summed E-state index contributed by atoms with van der Waals surface area (Å²) in [6.07, 6.45) is 0. The zero-order valence-electron chi connectivity index (χ0n) is 6.84. The molecule has 0 spiro atoms. The molecule has 0 saturated carbocycles. The summed E-state index contributed by atoms with van der Waals surface area (Å²) in [4.78, 5) is 9.86. The average molecular weight is 241 g/mol. The molecule has 0 unspecified atom stereocenters. The van der Waals surface area contributed by atoms with Crippen LogP contribution in [-0.2, 0) is 10.1 Å². The number of nitrogens with two attached hydrogens (primary N) is 1. The first-order valence-corrected chi connectivity index (χ1v) is 4.86. The van der Waals surface area contributed by atoms with Crippen LogP contribution in [0.25, 0.3) is 0 Å². The number of rotatable bonds is 2. The molecule has 0 heterocycles. The fraction of sp³-hybridized carbons (Fsp3) is 0. The van der Waals surface area contributed by atoms with E-state index in [9.17, 15) is 13.2 Å². The van der Waals surface area contributed by atoms with E-state index in [0.29, 0.717) is 0 Å². The van der Waals surface area contributed by atoms with Crippen molar-refractivity contribution in [2.45, 2.75) is 4.90 Å². The first-order valence-electron chi connectivity index (χ1n) is 3.42. The molecule has 15 heavy (non-hydrogen) atoms. The molecule has 4 N–H and O–H groups in total. The molecule has 0 radical (unpaired) electrons. The molecule has 0 atom stereocenters. The van der Waals surface area contributed by atoms with Gasteiger partial charge in [-0.1, -0.05) is 0 Å². The molecule has 0 aliphatic heterocycles. The summed E-state index contributed by atoms with van der Waals surface area (Å²) in [5, 5.41) is 8.60. The van der Waals surface area contributed by atoms with Gasteiger partial charge in [-0.2, -0.15) is 8.42 Å². The maximum atomic E-state index is 10.7. The maximum absolute atomic E-state index is 10.7. The molecule has 1 aromatic rings. The predicted octanol–water partition coefficient (Wildman–Crippen LogP) is -0.435. The minimum atomic E-state index is -4.56. The van der Waals surface area contributed by atoms with Gasteiger partial charge in [-0.05, 0) is 18.2 Å². The number of hydrogen-bond acceptors (Lipinski definition) is 4. The molecule has 0 fully saturated rings. The van der Waals surface area contributed by atoms with Crippen LogP contribution in [0.1, 0.15) is 10.4 Å². The SMILES string of the molecule is Nc1ccc(C(=O)O)c(S(=O)(=O)O)c1.[NaH]. The van der Waals surface area contributed by atoms with Crippen molar-refractivity contribution in [2.75, 3.05) is 5.73 Å². The van der Waals surface area contributed by atoms with E-state index in [2.05, 4.69) is 0 Å². The van der Waals surface area contributed by atoms with Gasteiger partial charge in [0.2, 0.25) is 0 Å². The number of benzene rings is 1. The Balaban J connectivity index is 0.00000196. The molecule has 0 amide bonds. The van der Waals surface area contributed by atoms with Gasteiger partial charge in [0.1, 0.15) is 4.90 Å². The van der Waals surface area contributed by atoms with Gasteiger partial charge < -0.3 is 10.8 Å². The van der Waals surface area contributed by atoms with Gasteiger partial charge >= 0.3 is 35.5 Å². The summed E-state index contributed by atoms with van der Waals surface area (Å²) in [6.45, 7) is 0. The van der Waals surface area contributed by atoms with Crippen molar-refractivity contribution in [3.63, 3.8) is 0 Å². The second-order valence-corrected chi connectivity index (χ2v) is 3.93. The number of aromatic carboxylic acids is 1. The van der Waals surface area contributed by atoms with E-state index in [4.69, 9.17) is 15.4 Å². The quantitative estimate of drug-likeness (QED) is 0.367. The van der Waals surface area contributed by atoms with Crippen molar-refractivity contribution in [2.24, 2.45) is 0 Å². The molecule has 0 aromatic heterocycles. The summed E-state index contributed by atoms with van der Waals surface area (Å²) in [5.41, 5.74) is 4.80. The Hall–Kier alpha value is -0.600. The molecule has 0 aliphatic rings. The predicted molar refractivity (Wildman–Crippen MR) is 54.8 cm³/mol. The van der Waals surface area contributed by atoms with Crippen LogP contribution >= 0.6 is 0 Å². The van der Waals surface area contributed by atoms with Gasteiger partial charge in [0.25, 0.3) is 10.1 Å². The fourth-order valence-corrected chi connectivity index (χ4v) is 1.65.